The summed E-state index contributed by atoms with van der Waals surface area (Å²) in [5, 5.41) is 0. The molecule has 1 aliphatic heterocycles. The van der Waals surface area contributed by atoms with Crippen molar-refractivity contribution in [2.45, 2.75) is 13.0 Å². The third kappa shape index (κ3) is 3.54. The third-order valence-corrected chi connectivity index (χ3v) is 3.26. The molecule has 2 aromatic rings. The van der Waals surface area contributed by atoms with Crippen LogP contribution in [0.1, 0.15) is 12.0 Å². The zero-order chi connectivity index (χ0) is 14.5. The fourth-order valence-electron chi connectivity index (χ4n) is 2.13. The van der Waals surface area contributed by atoms with Crippen molar-refractivity contribution in [2.75, 3.05) is 13.2 Å². The Balaban J connectivity index is 1.55. The maximum atomic E-state index is 11.7. The Hall–Kier alpha value is -2.05. The average molecular weight is 285 g/mol. The molecule has 0 amide bonds. The lowest BCUT2D eigenvalue weighted by Gasteiger charge is -2.19. The van der Waals surface area contributed by atoms with Gasteiger partial charge in [-0.2, -0.15) is 0 Å². The second kappa shape index (κ2) is 6.60. The Morgan fingerprint density at radius 2 is 1.81 bits per heavy atom. The first kappa shape index (κ1) is 13.9. The topological polar surface area (TPSA) is 49.7 Å². The van der Waals surface area contributed by atoms with Crippen molar-refractivity contribution in [3.05, 3.63) is 54.4 Å². The summed E-state index contributed by atoms with van der Waals surface area (Å²) in [4.78, 5) is 11.7. The van der Waals surface area contributed by atoms with E-state index in [2.05, 4.69) is 0 Å². The monoisotopic (exact) mass is 285 g/mol. The molecule has 5 nitrogen and oxygen atoms in total. The van der Waals surface area contributed by atoms with Crippen LogP contribution in [-0.4, -0.2) is 31.0 Å². The number of hydrogen-bond donors (Lipinski definition) is 0. The van der Waals surface area contributed by atoms with Crippen molar-refractivity contribution in [3.63, 3.8) is 0 Å². The van der Waals surface area contributed by atoms with Gasteiger partial charge < -0.3 is 14.0 Å². The molecule has 2 heterocycles. The number of aromatic nitrogens is 1. The van der Waals surface area contributed by atoms with Crippen molar-refractivity contribution in [2.24, 2.45) is 0 Å². The minimum absolute atomic E-state index is 0.240. The predicted molar refractivity (Wildman–Crippen MR) is 78.4 cm³/mol. The summed E-state index contributed by atoms with van der Waals surface area (Å²) in [5.41, 5.74) is 1.91. The summed E-state index contributed by atoms with van der Waals surface area (Å²) in [5.74, 6) is 0. The van der Waals surface area contributed by atoms with Crippen molar-refractivity contribution < 1.29 is 18.8 Å². The summed E-state index contributed by atoms with van der Waals surface area (Å²) >= 11 is 0. The Morgan fingerprint density at radius 1 is 1.14 bits per heavy atom. The summed E-state index contributed by atoms with van der Waals surface area (Å²) in [7, 11) is -0.282. The highest BCUT2D eigenvalue weighted by molar-refractivity contribution is 6.61. The van der Waals surface area contributed by atoms with E-state index in [0.717, 1.165) is 30.7 Å². The van der Waals surface area contributed by atoms with Crippen LogP contribution in [0, 0.1) is 0 Å². The lowest BCUT2D eigenvalue weighted by atomic mass is 9.78. The molecule has 0 atom stereocenters. The lowest BCUT2D eigenvalue weighted by Crippen LogP contribution is -2.40. The van der Waals surface area contributed by atoms with Gasteiger partial charge in [0, 0.05) is 25.6 Å². The fourth-order valence-corrected chi connectivity index (χ4v) is 2.13. The lowest BCUT2D eigenvalue weighted by molar-refractivity contribution is 0.141. The molecule has 1 saturated heterocycles. The first-order valence-electron chi connectivity index (χ1n) is 6.95. The van der Waals surface area contributed by atoms with E-state index in [9.17, 15) is 4.79 Å². The Morgan fingerprint density at radius 3 is 2.48 bits per heavy atom. The van der Waals surface area contributed by atoms with Crippen molar-refractivity contribution in [1.29, 1.82) is 0 Å². The van der Waals surface area contributed by atoms with Gasteiger partial charge in [0.05, 0.1) is 0 Å². The number of ether oxygens (including phenoxy) is 1. The molecule has 1 fully saturated rings. The van der Waals surface area contributed by atoms with E-state index in [1.54, 1.807) is 24.5 Å². The smallest absolute Gasteiger partial charge is 0.444 e. The maximum absolute atomic E-state index is 11.7. The number of nitrogens with zero attached hydrogens (tertiary/aromatic N) is 1. The number of hydrogen-bond acceptors (Lipinski definition) is 4. The van der Waals surface area contributed by atoms with E-state index in [1.807, 2.05) is 24.3 Å². The van der Waals surface area contributed by atoms with E-state index >= 15 is 0 Å². The third-order valence-electron chi connectivity index (χ3n) is 3.26. The van der Waals surface area contributed by atoms with Crippen LogP contribution in [-0.2, 0) is 20.7 Å². The number of carbonyl (C=O) groups excluding carboxylic acids is 1. The van der Waals surface area contributed by atoms with Crippen LogP contribution in [0.2, 0.25) is 0 Å². The summed E-state index contributed by atoms with van der Waals surface area (Å²) in [6, 6.07) is 11.3. The molecule has 1 aromatic heterocycles. The normalized spacial score (nSPS) is 15.0. The quantitative estimate of drug-likeness (QED) is 0.807. The molecule has 0 saturated carbocycles. The number of benzene rings is 1. The molecule has 3 rings (SSSR count). The Kier molecular flexibility index (Phi) is 4.38. The highest BCUT2D eigenvalue weighted by Gasteiger charge is 2.23. The van der Waals surface area contributed by atoms with Crippen molar-refractivity contribution >= 4 is 18.7 Å². The summed E-state index contributed by atoms with van der Waals surface area (Å²) < 4.78 is 17.7. The molecule has 1 aromatic carbocycles. The van der Waals surface area contributed by atoms with Crippen LogP contribution in [0.4, 0.5) is 4.79 Å². The molecule has 0 radical (unpaired) electrons. The molecular weight excluding hydrogens is 269 g/mol. The molecule has 1 aliphatic rings. The minimum atomic E-state index is -0.386. The number of rotatable bonds is 3. The molecule has 6 heteroatoms. The van der Waals surface area contributed by atoms with E-state index in [0.29, 0.717) is 0 Å². The van der Waals surface area contributed by atoms with Gasteiger partial charge in [0.25, 0.3) is 0 Å². The molecule has 0 spiro atoms. The first-order chi connectivity index (χ1) is 10.3. The van der Waals surface area contributed by atoms with E-state index in [4.69, 9.17) is 14.0 Å². The van der Waals surface area contributed by atoms with Crippen LogP contribution in [0.3, 0.4) is 0 Å². The molecular formula is C15H16BNO4. The van der Waals surface area contributed by atoms with Crippen molar-refractivity contribution in [3.8, 4) is 0 Å². The average Bonchev–Trinajstić information content (AvgIpc) is 3.08. The molecule has 0 N–H and O–H groups in total. The Bertz CT molecular complexity index is 576. The Labute approximate surface area is 123 Å². The van der Waals surface area contributed by atoms with Gasteiger partial charge in [0.1, 0.15) is 6.61 Å². The van der Waals surface area contributed by atoms with Crippen LogP contribution in [0.15, 0.2) is 48.8 Å². The summed E-state index contributed by atoms with van der Waals surface area (Å²) in [6.07, 6.45) is 3.86. The van der Waals surface area contributed by atoms with Crippen LogP contribution < -0.4 is 5.46 Å². The summed E-state index contributed by atoms with van der Waals surface area (Å²) in [6.45, 7) is 1.69. The van der Waals surface area contributed by atoms with Gasteiger partial charge in [-0.15, -0.1) is 0 Å². The maximum Gasteiger partial charge on any atom is 0.493 e. The van der Waals surface area contributed by atoms with Crippen molar-refractivity contribution in [1.82, 2.24) is 4.57 Å². The van der Waals surface area contributed by atoms with Gasteiger partial charge >= 0.3 is 13.2 Å². The SMILES string of the molecule is O=C(OCc1ccc(B2OCCCO2)cc1)n1cccc1. The highest BCUT2D eigenvalue weighted by Crippen LogP contribution is 2.05. The predicted octanol–water partition coefficient (Wildman–Crippen LogP) is 1.81. The molecule has 21 heavy (non-hydrogen) atoms. The fraction of sp³-hybridized carbons (Fsp3) is 0.267. The van der Waals surface area contributed by atoms with Crippen LogP contribution in [0.25, 0.3) is 0 Å². The zero-order valence-electron chi connectivity index (χ0n) is 11.6. The van der Waals surface area contributed by atoms with Gasteiger partial charge in [-0.05, 0) is 29.6 Å². The molecule has 108 valence electrons. The second-order valence-corrected chi connectivity index (χ2v) is 4.81. The van der Waals surface area contributed by atoms with Gasteiger partial charge in [0.15, 0.2) is 0 Å². The van der Waals surface area contributed by atoms with Gasteiger partial charge in [-0.25, -0.2) is 4.79 Å². The second-order valence-electron chi connectivity index (χ2n) is 4.81. The van der Waals surface area contributed by atoms with Gasteiger partial charge in [-0.3, -0.25) is 4.57 Å². The van der Waals surface area contributed by atoms with Gasteiger partial charge in [-0.1, -0.05) is 24.3 Å². The number of carbonyl (C=O) groups is 1. The van der Waals surface area contributed by atoms with Gasteiger partial charge in [0.2, 0.25) is 0 Å². The standard InChI is InChI=1S/C15H16BNO4/c18-15(17-8-1-2-9-17)19-12-13-4-6-14(7-5-13)16-20-10-3-11-21-16/h1-2,4-9H,3,10-12H2. The van der Waals surface area contributed by atoms with E-state index in [1.165, 1.54) is 4.57 Å². The van der Waals surface area contributed by atoms with Crippen LogP contribution in [0.5, 0.6) is 0 Å². The zero-order valence-corrected chi connectivity index (χ0v) is 11.6. The van der Waals surface area contributed by atoms with E-state index in [-0.39, 0.29) is 19.8 Å². The molecule has 0 bridgehead atoms. The molecule has 0 unspecified atom stereocenters. The largest absolute Gasteiger partial charge is 0.493 e. The first-order valence-corrected chi connectivity index (χ1v) is 6.95. The van der Waals surface area contributed by atoms with Crippen LogP contribution >= 0.6 is 0 Å². The highest BCUT2D eigenvalue weighted by atomic mass is 16.6. The van der Waals surface area contributed by atoms with E-state index < -0.39 is 0 Å². The molecule has 0 aliphatic carbocycles. The minimum Gasteiger partial charge on any atom is -0.444 e.